The number of halogens is 7. The molecule has 5 aliphatic rings. The van der Waals surface area contributed by atoms with E-state index in [0.29, 0.717) is 61.4 Å². The number of benzene rings is 1. The number of hydrogen-bond acceptors (Lipinski definition) is 18. The zero-order valence-corrected chi connectivity index (χ0v) is 53.0. The number of H-pyrrole nitrogens is 1. The Balaban J connectivity index is 0.000000168. The van der Waals surface area contributed by atoms with E-state index >= 15 is 8.78 Å². The Morgan fingerprint density at radius 1 is 0.652 bits per heavy atom. The van der Waals surface area contributed by atoms with Gasteiger partial charge >= 0.3 is 17.3 Å². The third-order valence-corrected chi connectivity index (χ3v) is 16.9. The number of rotatable bonds is 18. The van der Waals surface area contributed by atoms with Crippen LogP contribution in [0.25, 0.3) is 44.7 Å². The number of hydrogen-bond donors (Lipinski definition) is 4. The van der Waals surface area contributed by atoms with Gasteiger partial charge in [0.2, 0.25) is 17.8 Å². The lowest BCUT2D eigenvalue weighted by atomic mass is 10.1. The number of aromatic amines is 1. The predicted octanol–water partition coefficient (Wildman–Crippen LogP) is 9.08. The molecule has 1 saturated heterocycles. The van der Waals surface area contributed by atoms with Gasteiger partial charge in [0.1, 0.15) is 28.3 Å². The quantitative estimate of drug-likeness (QED) is 0.0354. The summed E-state index contributed by atoms with van der Waals surface area (Å²) in [4.78, 5) is 109. The lowest BCUT2D eigenvalue weighted by molar-refractivity contribution is -0.126. The topological polar surface area (TPSA) is 271 Å². The minimum atomic E-state index is -1.34. The van der Waals surface area contributed by atoms with Gasteiger partial charge in [-0.2, -0.15) is 4.98 Å². The highest BCUT2D eigenvalue weighted by atomic mass is 35.5. The third-order valence-electron chi connectivity index (χ3n) is 16.1. The fourth-order valence-electron chi connectivity index (χ4n) is 10.8. The van der Waals surface area contributed by atoms with Crippen molar-refractivity contribution < 1.29 is 32.3 Å². The second-order valence-corrected chi connectivity index (χ2v) is 24.8. The molecule has 0 spiro atoms. The van der Waals surface area contributed by atoms with Gasteiger partial charge in [-0.05, 0) is 123 Å². The second-order valence-electron chi connectivity index (χ2n) is 23.8. The molecular formula is C62H64Cl3F4N17O6. The van der Waals surface area contributed by atoms with Crippen molar-refractivity contribution in [2.45, 2.75) is 88.0 Å². The van der Waals surface area contributed by atoms with Gasteiger partial charge in [-0.15, -0.1) is 0 Å². The van der Waals surface area contributed by atoms with Gasteiger partial charge in [-0.1, -0.05) is 53.5 Å². The number of carbonyl (C=O) groups is 2. The molecule has 4 N–H and O–H groups in total. The maximum atomic E-state index is 16.1. The molecule has 4 saturated carbocycles. The normalized spacial score (nSPS) is 16.3. The summed E-state index contributed by atoms with van der Waals surface area (Å²) in [6.45, 7) is 9.57. The van der Waals surface area contributed by atoms with E-state index in [1.165, 1.54) is 39.5 Å². The number of pyridine rings is 3. The van der Waals surface area contributed by atoms with Gasteiger partial charge in [0.15, 0.2) is 33.2 Å². The number of nitrogens with zero attached hydrogens (tertiary/aromatic N) is 14. The van der Waals surface area contributed by atoms with Crippen LogP contribution < -0.4 is 32.5 Å². The average molecular weight is 1330 g/mol. The van der Waals surface area contributed by atoms with Crippen LogP contribution in [0, 0.1) is 23.3 Å². The lowest BCUT2D eigenvalue weighted by Crippen LogP contribution is -2.54. The Morgan fingerprint density at radius 3 is 1.65 bits per heavy atom. The second kappa shape index (κ2) is 27.0. The number of carboxylic acids is 1. The molecule has 30 heteroatoms. The summed E-state index contributed by atoms with van der Waals surface area (Å²) in [5.74, 6) is -2.70. The molecule has 1 atom stereocenters. The van der Waals surface area contributed by atoms with E-state index in [1.54, 1.807) is 11.0 Å². The number of amides is 1. The zero-order valence-electron chi connectivity index (χ0n) is 50.7. The minimum absolute atomic E-state index is 0.00543. The van der Waals surface area contributed by atoms with E-state index < -0.39 is 62.0 Å². The lowest BCUT2D eigenvalue weighted by Gasteiger charge is -2.40. The van der Waals surface area contributed by atoms with Gasteiger partial charge in [0, 0.05) is 81.1 Å². The molecule has 1 aliphatic heterocycles. The maximum absolute atomic E-state index is 16.1. The monoisotopic (exact) mass is 1320 g/mol. The third kappa shape index (κ3) is 14.1. The number of carboxylic acid groups (broad SMARTS) is 1. The van der Waals surface area contributed by atoms with Crippen LogP contribution in [0.15, 0.2) is 69.5 Å². The Morgan fingerprint density at radius 2 is 1.15 bits per heavy atom. The molecule has 0 radical (unpaired) electrons. The first-order chi connectivity index (χ1) is 44.0. The highest BCUT2D eigenvalue weighted by Crippen LogP contribution is 2.50. The van der Waals surface area contributed by atoms with E-state index in [4.69, 9.17) is 64.8 Å². The minimum Gasteiger partial charge on any atom is -0.478 e. The first-order valence-electron chi connectivity index (χ1n) is 29.9. The number of nitrogens with one attached hydrogen (secondary N) is 3. The number of likely N-dealkylation sites (N-methyl/N-ethyl adjacent to an activating group) is 2. The van der Waals surface area contributed by atoms with Crippen LogP contribution in [-0.4, -0.2) is 166 Å². The summed E-state index contributed by atoms with van der Waals surface area (Å²) in [5, 5.41) is 14.2. The standard InChI is InChI=1S/C35H39F2N9O2.C21H23ClFN7O2.C6H2Cl2FNO2/c1-5-27(47)44-16-17-45(20(2)19-44)32-24-18-26(37)30(23-8-6-7-9-25(23)36)39-33(24)46(35(48)42-32)31-28(21-10-11-21)40-34(38-14-15-43(3)4)41-29(31)22-12-13-22;1-29(2)8-7-24-20-25-14(10-3-4-10)16(15(26-20)11-5-6-11)30-18-12(19(31)28-21(30)32)9-13(23)17(22)27-18;7-4-2(6(11)12)1-3(9)5(8)10-4/h5-9,18,20-22H,1,10-17,19H2,2-4H3,(H,38,40,41);9-11H,3-8H2,1-2H3,(H,24,25,26)(H,28,31,32);1H,(H,11,12)/t20-;;/m0../s1. The predicted molar refractivity (Wildman–Crippen MR) is 341 cm³/mol. The van der Waals surface area contributed by atoms with Gasteiger partial charge in [-0.25, -0.2) is 76.0 Å². The van der Waals surface area contributed by atoms with Crippen LogP contribution in [0.2, 0.25) is 15.5 Å². The maximum Gasteiger partial charge on any atom is 0.355 e. The number of piperazine rings is 1. The van der Waals surface area contributed by atoms with Crippen LogP contribution in [0.3, 0.4) is 0 Å². The number of fused-ring (bicyclic) bond motifs is 2. The fourth-order valence-corrected chi connectivity index (χ4v) is 11.4. The van der Waals surface area contributed by atoms with E-state index in [-0.39, 0.29) is 74.5 Å². The van der Waals surface area contributed by atoms with E-state index in [1.807, 2.05) is 40.0 Å². The molecule has 482 valence electrons. The highest BCUT2D eigenvalue weighted by Gasteiger charge is 2.40. The molecule has 7 aromatic heterocycles. The molecule has 1 amide bonds. The van der Waals surface area contributed by atoms with Crippen LogP contribution in [0.5, 0.6) is 0 Å². The molecule has 0 unspecified atom stereocenters. The molecule has 8 aromatic rings. The Hall–Kier alpha value is -8.50. The highest BCUT2D eigenvalue weighted by molar-refractivity contribution is 6.34. The SMILES string of the molecule is C=CC(=O)N1CCN(c2nc(=O)n(-c3c(C4CC4)nc(NCCN(C)C)nc3C3CC3)c3nc(-c4ccccc4F)c(F)cc23)[C@@H](C)C1.CN(C)CCNc1nc(C2CC2)c(-n2c(=O)[nH]c(=O)c3cc(F)c(Cl)nc32)c(C2CC2)n1.O=C(O)c1cc(F)c(Cl)nc1Cl. The first kappa shape index (κ1) is 65.0. The van der Waals surface area contributed by atoms with Gasteiger partial charge in [0.05, 0.1) is 50.5 Å². The van der Waals surface area contributed by atoms with Crippen molar-refractivity contribution >= 4 is 86.5 Å². The average Bonchev–Trinajstić information content (AvgIpc) is 0.865. The molecule has 13 rings (SSSR count). The fraction of sp³-hybridized carbons (Fsp3) is 0.403. The molecule has 4 aliphatic carbocycles. The van der Waals surface area contributed by atoms with Crippen molar-refractivity contribution in [1.82, 2.24) is 68.7 Å². The summed E-state index contributed by atoms with van der Waals surface area (Å²) in [5.41, 5.74) is 1.59. The molecule has 92 heavy (non-hydrogen) atoms. The van der Waals surface area contributed by atoms with Crippen molar-refractivity contribution in [2.75, 3.05) is 89.5 Å². The van der Waals surface area contributed by atoms with Crippen molar-refractivity contribution in [2.24, 2.45) is 0 Å². The van der Waals surface area contributed by atoms with E-state index in [9.17, 15) is 32.8 Å². The molecule has 0 bridgehead atoms. The Bertz CT molecular complexity index is 4360. The summed E-state index contributed by atoms with van der Waals surface area (Å²) in [6.07, 6.45) is 8.73. The van der Waals surface area contributed by atoms with E-state index in [2.05, 4.69) is 46.9 Å². The van der Waals surface area contributed by atoms with Gasteiger partial charge in [0.25, 0.3) is 5.56 Å². The zero-order chi connectivity index (χ0) is 65.6. The largest absolute Gasteiger partial charge is 0.478 e. The molecule has 1 aromatic carbocycles. The molecule has 8 heterocycles. The Kier molecular flexibility index (Phi) is 19.1. The number of anilines is 3. The van der Waals surface area contributed by atoms with Crippen molar-refractivity contribution in [3.8, 4) is 22.6 Å². The van der Waals surface area contributed by atoms with Gasteiger partial charge < -0.3 is 35.3 Å². The van der Waals surface area contributed by atoms with Crippen LogP contribution in [0.4, 0.5) is 35.3 Å². The van der Waals surface area contributed by atoms with Gasteiger partial charge in [-0.3, -0.25) is 14.6 Å². The van der Waals surface area contributed by atoms with Crippen molar-refractivity contribution in [3.05, 3.63) is 154 Å². The molecule has 5 fully saturated rings. The van der Waals surface area contributed by atoms with Crippen LogP contribution in [0.1, 0.15) is 115 Å². The number of aromatic nitrogens is 11. The van der Waals surface area contributed by atoms with E-state index in [0.717, 1.165) is 99.4 Å². The van der Waals surface area contributed by atoms with Crippen molar-refractivity contribution in [1.29, 1.82) is 0 Å². The summed E-state index contributed by atoms with van der Waals surface area (Å²) < 4.78 is 60.6. The smallest absolute Gasteiger partial charge is 0.355 e. The molecular weight excluding hydrogens is 1260 g/mol. The summed E-state index contributed by atoms with van der Waals surface area (Å²) in [7, 11) is 7.98. The Labute approximate surface area is 538 Å². The summed E-state index contributed by atoms with van der Waals surface area (Å²) in [6, 6.07) is 8.65. The molecule has 23 nitrogen and oxygen atoms in total. The van der Waals surface area contributed by atoms with Crippen LogP contribution >= 0.6 is 34.8 Å². The number of carbonyl (C=O) groups excluding carboxylic acids is 1. The van der Waals surface area contributed by atoms with Crippen LogP contribution in [-0.2, 0) is 4.79 Å². The number of aromatic carboxylic acids is 1. The van der Waals surface area contributed by atoms with Crippen molar-refractivity contribution in [3.63, 3.8) is 0 Å². The summed E-state index contributed by atoms with van der Waals surface area (Å²) >= 11 is 16.5. The first-order valence-corrected chi connectivity index (χ1v) is 31.1.